The molecule has 0 spiro atoms. The van der Waals surface area contributed by atoms with E-state index in [9.17, 15) is 4.79 Å². The second kappa shape index (κ2) is 4.23. The Morgan fingerprint density at radius 2 is 2.33 bits per heavy atom. The summed E-state index contributed by atoms with van der Waals surface area (Å²) >= 11 is 5.69. The highest BCUT2D eigenvalue weighted by Crippen LogP contribution is 2.07. The Kier molecular flexibility index (Phi) is 2.78. The Balaban J connectivity index is 2.09. The number of imidazole rings is 1. The maximum Gasteiger partial charge on any atom is 0.237 e. The van der Waals surface area contributed by atoms with E-state index in [4.69, 9.17) is 11.6 Å². The number of carbonyl (C=O) groups excluding carboxylic acids is 1. The van der Waals surface area contributed by atoms with Crippen LogP contribution in [-0.2, 0) is 6.42 Å². The van der Waals surface area contributed by atoms with Crippen molar-refractivity contribution in [2.45, 2.75) is 6.42 Å². The van der Waals surface area contributed by atoms with Crippen LogP contribution in [0.1, 0.15) is 10.5 Å². The standard InChI is InChI=1S/C10H8ClN3O/c11-8-1-2-9(13-6-8)5-10(15)14-4-3-12-7-14/h1-4,6-7H,5H2. The molecule has 0 atom stereocenters. The predicted molar refractivity (Wildman–Crippen MR) is 55.8 cm³/mol. The summed E-state index contributed by atoms with van der Waals surface area (Å²) in [6.07, 6.45) is 6.41. The van der Waals surface area contributed by atoms with Crippen LogP contribution >= 0.6 is 11.6 Å². The molecule has 2 aromatic rings. The van der Waals surface area contributed by atoms with Gasteiger partial charge in [-0.3, -0.25) is 14.3 Å². The monoisotopic (exact) mass is 221 g/mol. The molecule has 0 fully saturated rings. The van der Waals surface area contributed by atoms with Gasteiger partial charge in [0.2, 0.25) is 5.91 Å². The van der Waals surface area contributed by atoms with E-state index >= 15 is 0 Å². The maximum atomic E-state index is 11.6. The second-order valence-electron chi connectivity index (χ2n) is 3.01. The molecule has 0 amide bonds. The lowest BCUT2D eigenvalue weighted by atomic mass is 10.2. The van der Waals surface area contributed by atoms with E-state index in [-0.39, 0.29) is 12.3 Å². The molecule has 0 N–H and O–H groups in total. The van der Waals surface area contributed by atoms with Crippen molar-refractivity contribution in [3.05, 3.63) is 47.8 Å². The number of nitrogens with zero attached hydrogens (tertiary/aromatic N) is 3. The van der Waals surface area contributed by atoms with Gasteiger partial charge < -0.3 is 0 Å². The third kappa shape index (κ3) is 2.41. The Morgan fingerprint density at radius 1 is 1.47 bits per heavy atom. The van der Waals surface area contributed by atoms with Crippen molar-refractivity contribution >= 4 is 17.5 Å². The second-order valence-corrected chi connectivity index (χ2v) is 3.44. The highest BCUT2D eigenvalue weighted by Gasteiger charge is 2.05. The van der Waals surface area contributed by atoms with Crippen LogP contribution in [0.5, 0.6) is 0 Å². The van der Waals surface area contributed by atoms with Crippen molar-refractivity contribution in [1.29, 1.82) is 0 Å². The molecule has 4 nitrogen and oxygen atoms in total. The van der Waals surface area contributed by atoms with Gasteiger partial charge in [0.25, 0.3) is 0 Å². The zero-order valence-electron chi connectivity index (χ0n) is 7.80. The SMILES string of the molecule is O=C(Cc1ccc(Cl)cn1)n1ccnc1. The molecule has 0 saturated carbocycles. The van der Waals surface area contributed by atoms with Gasteiger partial charge in [0.1, 0.15) is 6.33 Å². The quantitative estimate of drug-likeness (QED) is 0.777. The van der Waals surface area contributed by atoms with Gasteiger partial charge in [-0.15, -0.1) is 0 Å². The minimum Gasteiger partial charge on any atom is -0.276 e. The third-order valence-corrected chi connectivity index (χ3v) is 2.14. The molecule has 0 saturated heterocycles. The van der Waals surface area contributed by atoms with Gasteiger partial charge in [-0.05, 0) is 12.1 Å². The molecule has 0 bridgehead atoms. The zero-order chi connectivity index (χ0) is 10.7. The molecule has 76 valence electrons. The Morgan fingerprint density at radius 3 is 2.93 bits per heavy atom. The molecular weight excluding hydrogens is 214 g/mol. The average Bonchev–Trinajstić information content (AvgIpc) is 2.74. The van der Waals surface area contributed by atoms with Crippen molar-refractivity contribution in [1.82, 2.24) is 14.5 Å². The van der Waals surface area contributed by atoms with Crippen molar-refractivity contribution < 1.29 is 4.79 Å². The van der Waals surface area contributed by atoms with Gasteiger partial charge in [-0.1, -0.05) is 11.6 Å². The smallest absolute Gasteiger partial charge is 0.237 e. The first-order valence-electron chi connectivity index (χ1n) is 4.37. The van der Waals surface area contributed by atoms with Crippen LogP contribution in [0, 0.1) is 0 Å². The van der Waals surface area contributed by atoms with E-state index in [1.165, 1.54) is 17.1 Å². The average molecular weight is 222 g/mol. The molecular formula is C10H8ClN3O. The van der Waals surface area contributed by atoms with Crippen LogP contribution in [0.25, 0.3) is 0 Å². The normalized spacial score (nSPS) is 10.2. The molecule has 0 aliphatic rings. The molecule has 5 heteroatoms. The summed E-state index contributed by atoms with van der Waals surface area (Å²) in [7, 11) is 0. The Labute approximate surface area is 91.5 Å². The summed E-state index contributed by atoms with van der Waals surface area (Å²) in [6.45, 7) is 0. The van der Waals surface area contributed by atoms with Crippen LogP contribution in [0.3, 0.4) is 0 Å². The number of pyridine rings is 1. The van der Waals surface area contributed by atoms with Gasteiger partial charge in [-0.25, -0.2) is 4.98 Å². The number of aromatic nitrogens is 3. The molecule has 0 aliphatic heterocycles. The van der Waals surface area contributed by atoms with Crippen molar-refractivity contribution in [2.75, 3.05) is 0 Å². The largest absolute Gasteiger partial charge is 0.276 e. The number of carbonyl (C=O) groups is 1. The fourth-order valence-electron chi connectivity index (χ4n) is 1.16. The highest BCUT2D eigenvalue weighted by molar-refractivity contribution is 6.30. The van der Waals surface area contributed by atoms with E-state index in [0.717, 1.165) is 0 Å². The first-order chi connectivity index (χ1) is 7.25. The van der Waals surface area contributed by atoms with Gasteiger partial charge in [0.05, 0.1) is 11.4 Å². The van der Waals surface area contributed by atoms with E-state index in [1.54, 1.807) is 24.5 Å². The molecule has 0 unspecified atom stereocenters. The first kappa shape index (κ1) is 9.86. The lowest BCUT2D eigenvalue weighted by Crippen LogP contribution is -2.12. The maximum absolute atomic E-state index is 11.6. The van der Waals surface area contributed by atoms with Gasteiger partial charge in [0, 0.05) is 24.3 Å². The summed E-state index contributed by atoms with van der Waals surface area (Å²) in [4.78, 5) is 19.5. The molecule has 0 aliphatic carbocycles. The lowest BCUT2D eigenvalue weighted by molar-refractivity contribution is 0.0913. The molecule has 0 aromatic carbocycles. The van der Waals surface area contributed by atoms with Gasteiger partial charge >= 0.3 is 0 Å². The molecule has 0 radical (unpaired) electrons. The molecule has 2 rings (SSSR count). The summed E-state index contributed by atoms with van der Waals surface area (Å²) in [6, 6.07) is 3.45. The Bertz CT molecular complexity index is 450. The zero-order valence-corrected chi connectivity index (χ0v) is 8.55. The minimum atomic E-state index is -0.0673. The predicted octanol–water partition coefficient (Wildman–Crippen LogP) is 1.81. The number of rotatable bonds is 2. The van der Waals surface area contributed by atoms with Crippen LogP contribution < -0.4 is 0 Å². The van der Waals surface area contributed by atoms with Gasteiger partial charge in [0.15, 0.2) is 0 Å². The summed E-state index contributed by atoms with van der Waals surface area (Å²) in [5.74, 6) is -0.0673. The van der Waals surface area contributed by atoms with E-state index in [1.807, 2.05) is 0 Å². The van der Waals surface area contributed by atoms with Crippen LogP contribution in [-0.4, -0.2) is 20.4 Å². The summed E-state index contributed by atoms with van der Waals surface area (Å²) < 4.78 is 1.43. The summed E-state index contributed by atoms with van der Waals surface area (Å²) in [5, 5.41) is 0.564. The van der Waals surface area contributed by atoms with Crippen molar-refractivity contribution in [2.24, 2.45) is 0 Å². The van der Waals surface area contributed by atoms with E-state index in [0.29, 0.717) is 10.7 Å². The van der Waals surface area contributed by atoms with E-state index in [2.05, 4.69) is 9.97 Å². The Hall–Kier alpha value is -1.68. The number of halogens is 1. The van der Waals surface area contributed by atoms with E-state index < -0.39 is 0 Å². The lowest BCUT2D eigenvalue weighted by Gasteiger charge is -2.00. The summed E-state index contributed by atoms with van der Waals surface area (Å²) in [5.41, 5.74) is 0.693. The third-order valence-electron chi connectivity index (χ3n) is 1.91. The van der Waals surface area contributed by atoms with Crippen LogP contribution in [0.15, 0.2) is 37.1 Å². The molecule has 2 aromatic heterocycles. The number of hydrogen-bond donors (Lipinski definition) is 0. The van der Waals surface area contributed by atoms with Crippen LogP contribution in [0.2, 0.25) is 5.02 Å². The topological polar surface area (TPSA) is 47.8 Å². The molecule has 15 heavy (non-hydrogen) atoms. The van der Waals surface area contributed by atoms with Crippen molar-refractivity contribution in [3.63, 3.8) is 0 Å². The van der Waals surface area contributed by atoms with Crippen molar-refractivity contribution in [3.8, 4) is 0 Å². The van der Waals surface area contributed by atoms with Gasteiger partial charge in [-0.2, -0.15) is 0 Å². The molecule has 2 heterocycles. The fraction of sp³-hybridized carbons (Fsp3) is 0.100. The fourth-order valence-corrected chi connectivity index (χ4v) is 1.28. The van der Waals surface area contributed by atoms with Crippen LogP contribution in [0.4, 0.5) is 0 Å². The number of hydrogen-bond acceptors (Lipinski definition) is 3. The first-order valence-corrected chi connectivity index (χ1v) is 4.75. The highest BCUT2D eigenvalue weighted by atomic mass is 35.5. The minimum absolute atomic E-state index is 0.0673.